The number of halogens is 2. The molecule has 2 rings (SSSR count). The molecule has 0 aromatic heterocycles. The number of rotatable bonds is 2. The lowest BCUT2D eigenvalue weighted by atomic mass is 10.1. The van der Waals surface area contributed by atoms with Crippen LogP contribution in [-0.2, 0) is 0 Å². The zero-order valence-electron chi connectivity index (χ0n) is 9.63. The summed E-state index contributed by atoms with van der Waals surface area (Å²) in [5.41, 5.74) is 1.05. The molecule has 2 atom stereocenters. The normalized spacial score (nSPS) is 25.4. The van der Waals surface area contributed by atoms with Crippen molar-refractivity contribution in [3.63, 3.8) is 0 Å². The van der Waals surface area contributed by atoms with Gasteiger partial charge in [0.25, 0.3) is 0 Å². The maximum Gasteiger partial charge on any atom is 0.0741 e. The van der Waals surface area contributed by atoms with Gasteiger partial charge in [0, 0.05) is 14.6 Å². The molecule has 1 aliphatic carbocycles. The highest BCUT2D eigenvalue weighted by molar-refractivity contribution is 9.11. The number of hydrogen-bond donors (Lipinski definition) is 2. The van der Waals surface area contributed by atoms with Gasteiger partial charge in [0.2, 0.25) is 0 Å². The average Bonchev–Trinajstić information content (AvgIpc) is 2.48. The molecule has 1 aromatic rings. The zero-order valence-corrected chi connectivity index (χ0v) is 12.8. The first kappa shape index (κ1) is 13.4. The second kappa shape index (κ2) is 6.21. The highest BCUT2D eigenvalue weighted by Gasteiger charge is 2.21. The van der Waals surface area contributed by atoms with Gasteiger partial charge in [0.15, 0.2) is 0 Å². The minimum atomic E-state index is -0.229. The van der Waals surface area contributed by atoms with Crippen LogP contribution in [0.1, 0.15) is 32.1 Å². The molecule has 2 unspecified atom stereocenters. The van der Waals surface area contributed by atoms with E-state index in [0.717, 1.165) is 33.9 Å². The third-order valence-corrected chi connectivity index (χ3v) is 4.40. The number of aliphatic hydroxyl groups is 1. The molecule has 0 amide bonds. The quantitative estimate of drug-likeness (QED) is 0.768. The molecular weight excluding hydrogens is 346 g/mol. The van der Waals surface area contributed by atoms with E-state index in [1.807, 2.05) is 18.2 Å². The smallest absolute Gasteiger partial charge is 0.0741 e. The lowest BCUT2D eigenvalue weighted by Gasteiger charge is -2.23. The minimum Gasteiger partial charge on any atom is -0.391 e. The van der Waals surface area contributed by atoms with E-state index < -0.39 is 0 Å². The Kier molecular flexibility index (Phi) is 4.88. The first-order valence-electron chi connectivity index (χ1n) is 6.06. The molecule has 0 bridgehead atoms. The van der Waals surface area contributed by atoms with Crippen LogP contribution in [0.25, 0.3) is 0 Å². The molecule has 1 fully saturated rings. The summed E-state index contributed by atoms with van der Waals surface area (Å²) in [6.45, 7) is 0. The molecule has 4 heteroatoms. The van der Waals surface area contributed by atoms with E-state index in [4.69, 9.17) is 0 Å². The molecule has 2 nitrogen and oxygen atoms in total. The molecule has 0 heterocycles. The van der Waals surface area contributed by atoms with Crippen molar-refractivity contribution >= 4 is 37.5 Å². The molecule has 1 aromatic carbocycles. The van der Waals surface area contributed by atoms with E-state index in [9.17, 15) is 5.11 Å². The Morgan fingerprint density at radius 3 is 2.65 bits per heavy atom. The van der Waals surface area contributed by atoms with Crippen molar-refractivity contribution in [1.82, 2.24) is 0 Å². The first-order valence-corrected chi connectivity index (χ1v) is 7.65. The summed E-state index contributed by atoms with van der Waals surface area (Å²) >= 11 is 6.98. The van der Waals surface area contributed by atoms with Crippen molar-refractivity contribution in [2.45, 2.75) is 44.2 Å². The number of hydrogen-bond acceptors (Lipinski definition) is 2. The maximum atomic E-state index is 10.1. The number of benzene rings is 1. The summed E-state index contributed by atoms with van der Waals surface area (Å²) in [6.07, 6.45) is 5.30. The Hall–Kier alpha value is -0.0600. The molecule has 94 valence electrons. The lowest BCUT2D eigenvalue weighted by Crippen LogP contribution is -2.32. The molecule has 1 saturated carbocycles. The van der Waals surface area contributed by atoms with E-state index in [1.54, 1.807) is 0 Å². The third kappa shape index (κ3) is 3.70. The molecule has 1 aliphatic rings. The van der Waals surface area contributed by atoms with Gasteiger partial charge in [-0.1, -0.05) is 35.2 Å². The maximum absolute atomic E-state index is 10.1. The highest BCUT2D eigenvalue weighted by atomic mass is 79.9. The van der Waals surface area contributed by atoms with E-state index in [-0.39, 0.29) is 12.1 Å². The molecular formula is C13H17Br2NO. The van der Waals surface area contributed by atoms with Crippen molar-refractivity contribution < 1.29 is 5.11 Å². The topological polar surface area (TPSA) is 32.3 Å². The number of nitrogens with one attached hydrogen (secondary N) is 1. The molecule has 17 heavy (non-hydrogen) atoms. The molecule has 0 aliphatic heterocycles. The minimum absolute atomic E-state index is 0.176. The third-order valence-electron chi connectivity index (χ3n) is 3.25. The highest BCUT2D eigenvalue weighted by Crippen LogP contribution is 2.29. The van der Waals surface area contributed by atoms with Gasteiger partial charge in [-0.25, -0.2) is 0 Å². The average molecular weight is 363 g/mol. The van der Waals surface area contributed by atoms with Crippen LogP contribution < -0.4 is 5.32 Å². The van der Waals surface area contributed by atoms with Crippen LogP contribution in [0.15, 0.2) is 27.1 Å². The van der Waals surface area contributed by atoms with Crippen molar-refractivity contribution in [1.29, 1.82) is 0 Å². The fourth-order valence-electron chi connectivity index (χ4n) is 2.26. The molecule has 0 spiro atoms. The van der Waals surface area contributed by atoms with Gasteiger partial charge in [-0.2, -0.15) is 0 Å². The largest absolute Gasteiger partial charge is 0.391 e. The van der Waals surface area contributed by atoms with Gasteiger partial charge >= 0.3 is 0 Å². The van der Waals surface area contributed by atoms with Crippen molar-refractivity contribution in [2.24, 2.45) is 0 Å². The van der Waals surface area contributed by atoms with Gasteiger partial charge in [-0.15, -0.1) is 0 Å². The van der Waals surface area contributed by atoms with Crippen molar-refractivity contribution in [3.05, 3.63) is 27.1 Å². The van der Waals surface area contributed by atoms with E-state index in [1.165, 1.54) is 12.8 Å². The first-order chi connectivity index (χ1) is 8.16. The second-order valence-electron chi connectivity index (χ2n) is 4.58. The second-order valence-corrected chi connectivity index (χ2v) is 6.35. The fraction of sp³-hybridized carbons (Fsp3) is 0.538. The van der Waals surface area contributed by atoms with Crippen LogP contribution in [0, 0.1) is 0 Å². The molecule has 0 radical (unpaired) electrons. The standard InChI is InChI=1S/C13H17Br2NO/c14-9-6-7-11(10(15)8-9)16-12-4-2-1-3-5-13(12)17/h6-8,12-13,16-17H,1-5H2. The van der Waals surface area contributed by atoms with Crippen LogP contribution in [0.2, 0.25) is 0 Å². The Morgan fingerprint density at radius 1 is 1.12 bits per heavy atom. The summed E-state index contributed by atoms with van der Waals surface area (Å²) in [4.78, 5) is 0. The van der Waals surface area contributed by atoms with Gasteiger partial charge in [0.1, 0.15) is 0 Å². The zero-order chi connectivity index (χ0) is 12.3. The summed E-state index contributed by atoms with van der Waals surface area (Å²) in [6, 6.07) is 6.24. The van der Waals surface area contributed by atoms with Crippen LogP contribution in [0.3, 0.4) is 0 Å². The summed E-state index contributed by atoms with van der Waals surface area (Å²) < 4.78 is 2.08. The van der Waals surface area contributed by atoms with E-state index in [2.05, 4.69) is 37.2 Å². The summed E-state index contributed by atoms with van der Waals surface area (Å²) in [5.74, 6) is 0. The van der Waals surface area contributed by atoms with E-state index in [0.29, 0.717) is 0 Å². The predicted octanol–water partition coefficient (Wildman–Crippen LogP) is 4.32. The van der Waals surface area contributed by atoms with Crippen LogP contribution in [0.4, 0.5) is 5.69 Å². The van der Waals surface area contributed by atoms with Gasteiger partial charge in [-0.3, -0.25) is 0 Å². The van der Waals surface area contributed by atoms with Gasteiger partial charge < -0.3 is 10.4 Å². The fourth-order valence-corrected chi connectivity index (χ4v) is 3.42. The summed E-state index contributed by atoms with van der Waals surface area (Å²) in [7, 11) is 0. The molecule has 0 saturated heterocycles. The SMILES string of the molecule is OC1CCCCCC1Nc1ccc(Br)cc1Br. The van der Waals surface area contributed by atoms with Gasteiger partial charge in [0.05, 0.1) is 12.1 Å². The Balaban J connectivity index is 2.08. The van der Waals surface area contributed by atoms with Crippen LogP contribution >= 0.6 is 31.9 Å². The van der Waals surface area contributed by atoms with E-state index >= 15 is 0 Å². The summed E-state index contributed by atoms with van der Waals surface area (Å²) in [5, 5.41) is 13.5. The predicted molar refractivity (Wildman–Crippen MR) is 78.3 cm³/mol. The number of anilines is 1. The van der Waals surface area contributed by atoms with Crippen molar-refractivity contribution in [3.8, 4) is 0 Å². The Bertz CT molecular complexity index is 384. The van der Waals surface area contributed by atoms with Crippen LogP contribution in [-0.4, -0.2) is 17.3 Å². The Morgan fingerprint density at radius 2 is 1.88 bits per heavy atom. The number of aliphatic hydroxyl groups excluding tert-OH is 1. The molecule has 2 N–H and O–H groups in total. The van der Waals surface area contributed by atoms with Crippen LogP contribution in [0.5, 0.6) is 0 Å². The Labute approximate surface area is 119 Å². The van der Waals surface area contributed by atoms with Crippen molar-refractivity contribution in [2.75, 3.05) is 5.32 Å². The monoisotopic (exact) mass is 361 g/mol. The lowest BCUT2D eigenvalue weighted by molar-refractivity contribution is 0.144. The van der Waals surface area contributed by atoms with Gasteiger partial charge in [-0.05, 0) is 47.0 Å².